The molecule has 1 aromatic rings. The number of H-pyrrole nitrogens is 1. The molecular weight excluding hydrogens is 208 g/mol. The lowest BCUT2D eigenvalue weighted by atomic mass is 10.0. The van der Waals surface area contributed by atoms with Crippen molar-refractivity contribution in [2.45, 2.75) is 18.9 Å². The fourth-order valence-corrected chi connectivity index (χ4v) is 1.70. The molecule has 0 aliphatic carbocycles. The van der Waals surface area contributed by atoms with E-state index in [0.29, 0.717) is 13.2 Å². The summed E-state index contributed by atoms with van der Waals surface area (Å²) in [5, 5.41) is 2.83. The van der Waals surface area contributed by atoms with Crippen LogP contribution in [0.1, 0.15) is 23.7 Å². The van der Waals surface area contributed by atoms with E-state index in [1.165, 1.54) is 18.5 Å². The Labute approximate surface area is 92.8 Å². The first-order chi connectivity index (χ1) is 7.61. The molecule has 1 unspecified atom stereocenters. The number of hydrogen-bond donors (Lipinski definition) is 2. The summed E-state index contributed by atoms with van der Waals surface area (Å²) in [5.41, 5.74) is -0.506. The summed E-state index contributed by atoms with van der Waals surface area (Å²) in [6, 6.07) is 1.34. The van der Waals surface area contributed by atoms with Crippen LogP contribution in [0.5, 0.6) is 0 Å². The van der Waals surface area contributed by atoms with Crippen LogP contribution in [0.2, 0.25) is 0 Å². The lowest BCUT2D eigenvalue weighted by Gasteiger charge is -2.23. The monoisotopic (exact) mass is 222 g/mol. The third kappa shape index (κ3) is 2.14. The molecule has 2 N–H and O–H groups in total. The molecule has 1 saturated heterocycles. The lowest BCUT2D eigenvalue weighted by molar-refractivity contribution is 0.0888. The topological polar surface area (TPSA) is 71.2 Å². The maximum Gasteiger partial charge on any atom is 0.257 e. The Bertz CT molecular complexity index is 447. The van der Waals surface area contributed by atoms with E-state index in [4.69, 9.17) is 4.74 Å². The molecule has 0 aromatic carbocycles. The molecular formula is C11H14N2O3. The average molecular weight is 222 g/mol. The first kappa shape index (κ1) is 10.9. The Hall–Kier alpha value is -1.62. The highest BCUT2D eigenvalue weighted by molar-refractivity contribution is 5.94. The molecule has 1 amide bonds. The van der Waals surface area contributed by atoms with Crippen LogP contribution in [-0.2, 0) is 4.74 Å². The van der Waals surface area contributed by atoms with Crippen molar-refractivity contribution in [2.75, 3.05) is 13.2 Å². The van der Waals surface area contributed by atoms with Crippen molar-refractivity contribution in [3.8, 4) is 0 Å². The van der Waals surface area contributed by atoms with Gasteiger partial charge in [-0.2, -0.15) is 0 Å². The van der Waals surface area contributed by atoms with Gasteiger partial charge in [-0.15, -0.1) is 0 Å². The minimum atomic E-state index is -0.362. The van der Waals surface area contributed by atoms with Crippen LogP contribution >= 0.6 is 0 Å². The van der Waals surface area contributed by atoms with Gasteiger partial charge in [-0.3, -0.25) is 9.59 Å². The average Bonchev–Trinajstić information content (AvgIpc) is 2.65. The number of rotatable bonds is 2. The van der Waals surface area contributed by atoms with Crippen molar-refractivity contribution in [2.24, 2.45) is 0 Å². The summed E-state index contributed by atoms with van der Waals surface area (Å²) in [5.74, 6) is -0.352. The maximum absolute atomic E-state index is 11.8. The van der Waals surface area contributed by atoms with Crippen LogP contribution in [-0.4, -0.2) is 29.6 Å². The zero-order valence-corrected chi connectivity index (χ0v) is 9.08. The Morgan fingerprint density at radius 3 is 3.06 bits per heavy atom. The van der Waals surface area contributed by atoms with Gasteiger partial charge in [0.2, 0.25) is 0 Å². The highest BCUT2D eigenvalue weighted by Gasteiger charge is 2.31. The van der Waals surface area contributed by atoms with E-state index >= 15 is 0 Å². The van der Waals surface area contributed by atoms with Crippen molar-refractivity contribution < 1.29 is 9.53 Å². The third-order valence-electron chi connectivity index (χ3n) is 2.70. The van der Waals surface area contributed by atoms with Crippen LogP contribution in [0.4, 0.5) is 0 Å². The number of pyridine rings is 1. The molecule has 2 rings (SSSR count). The minimum Gasteiger partial charge on any atom is -0.379 e. The van der Waals surface area contributed by atoms with Crippen LogP contribution in [0.3, 0.4) is 0 Å². The van der Waals surface area contributed by atoms with Gasteiger partial charge in [0, 0.05) is 25.1 Å². The Kier molecular flexibility index (Phi) is 2.78. The molecule has 86 valence electrons. The van der Waals surface area contributed by atoms with E-state index in [9.17, 15) is 9.59 Å². The predicted octanol–water partition coefficient (Wildman–Crippen LogP) is 0.284. The summed E-state index contributed by atoms with van der Waals surface area (Å²) in [4.78, 5) is 26.0. The van der Waals surface area contributed by atoms with Gasteiger partial charge in [0.15, 0.2) is 5.43 Å². The number of hydrogen-bond acceptors (Lipinski definition) is 3. The van der Waals surface area contributed by atoms with Gasteiger partial charge >= 0.3 is 0 Å². The van der Waals surface area contributed by atoms with Crippen molar-refractivity contribution >= 4 is 5.91 Å². The quantitative estimate of drug-likeness (QED) is 0.755. The third-order valence-corrected chi connectivity index (χ3v) is 2.70. The second-order valence-electron chi connectivity index (χ2n) is 4.24. The molecule has 1 atom stereocenters. The standard InChI is InChI=1S/C11H14N2O3/c1-11(3-5-16-7-11)13-10(15)8-6-12-4-2-9(8)14/h2,4,6H,3,5,7H2,1H3,(H,12,14)(H,13,15). The molecule has 5 heteroatoms. The lowest BCUT2D eigenvalue weighted by Crippen LogP contribution is -2.47. The van der Waals surface area contributed by atoms with Gasteiger partial charge in [0.1, 0.15) is 5.56 Å². The maximum atomic E-state index is 11.8. The molecule has 0 spiro atoms. The van der Waals surface area contributed by atoms with Gasteiger partial charge in [-0.05, 0) is 13.3 Å². The molecule has 2 heterocycles. The van der Waals surface area contributed by atoms with Crippen molar-refractivity contribution in [1.29, 1.82) is 0 Å². The van der Waals surface area contributed by atoms with E-state index in [2.05, 4.69) is 10.3 Å². The molecule has 1 aliphatic heterocycles. The summed E-state index contributed by atoms with van der Waals surface area (Å²) < 4.78 is 5.23. The first-order valence-corrected chi connectivity index (χ1v) is 5.18. The van der Waals surface area contributed by atoms with Crippen molar-refractivity contribution in [3.63, 3.8) is 0 Å². The van der Waals surface area contributed by atoms with Gasteiger partial charge < -0.3 is 15.0 Å². The number of nitrogens with one attached hydrogen (secondary N) is 2. The SMILES string of the molecule is CC1(NC(=O)c2c[nH]ccc2=O)CCOC1. The number of aromatic nitrogens is 1. The van der Waals surface area contributed by atoms with Gasteiger partial charge in [0.05, 0.1) is 12.1 Å². The van der Waals surface area contributed by atoms with E-state index in [-0.39, 0.29) is 22.4 Å². The Morgan fingerprint density at radius 1 is 1.62 bits per heavy atom. The van der Waals surface area contributed by atoms with Crippen LogP contribution in [0, 0.1) is 0 Å². The zero-order valence-electron chi connectivity index (χ0n) is 9.08. The van der Waals surface area contributed by atoms with Gasteiger partial charge in [-0.1, -0.05) is 0 Å². The number of amides is 1. The van der Waals surface area contributed by atoms with E-state index < -0.39 is 0 Å². The molecule has 16 heavy (non-hydrogen) atoms. The molecule has 5 nitrogen and oxygen atoms in total. The van der Waals surface area contributed by atoms with Crippen LogP contribution in [0.15, 0.2) is 23.3 Å². The Morgan fingerprint density at radius 2 is 2.44 bits per heavy atom. The Balaban J connectivity index is 2.15. The first-order valence-electron chi connectivity index (χ1n) is 5.18. The second-order valence-corrected chi connectivity index (χ2v) is 4.24. The number of aromatic amines is 1. The molecule has 1 aromatic heterocycles. The van der Waals surface area contributed by atoms with E-state index in [1.807, 2.05) is 6.92 Å². The molecule has 0 saturated carbocycles. The zero-order chi connectivity index (χ0) is 11.6. The predicted molar refractivity (Wildman–Crippen MR) is 58.4 cm³/mol. The summed E-state index contributed by atoms with van der Waals surface area (Å²) in [6.45, 7) is 3.04. The summed E-state index contributed by atoms with van der Waals surface area (Å²) >= 11 is 0. The second kappa shape index (κ2) is 4.09. The van der Waals surface area contributed by atoms with E-state index in [1.54, 1.807) is 0 Å². The smallest absolute Gasteiger partial charge is 0.257 e. The fraction of sp³-hybridized carbons (Fsp3) is 0.455. The number of carbonyl (C=O) groups excluding carboxylic acids is 1. The van der Waals surface area contributed by atoms with Gasteiger partial charge in [-0.25, -0.2) is 0 Å². The largest absolute Gasteiger partial charge is 0.379 e. The molecule has 0 bridgehead atoms. The van der Waals surface area contributed by atoms with Crippen LogP contribution < -0.4 is 10.7 Å². The van der Waals surface area contributed by atoms with Crippen molar-refractivity contribution in [3.05, 3.63) is 34.2 Å². The summed E-state index contributed by atoms with van der Waals surface area (Å²) in [7, 11) is 0. The van der Waals surface area contributed by atoms with Gasteiger partial charge in [0.25, 0.3) is 5.91 Å². The highest BCUT2D eigenvalue weighted by Crippen LogP contribution is 2.17. The highest BCUT2D eigenvalue weighted by atomic mass is 16.5. The fourth-order valence-electron chi connectivity index (χ4n) is 1.70. The van der Waals surface area contributed by atoms with Crippen LogP contribution in [0.25, 0.3) is 0 Å². The molecule has 0 radical (unpaired) electrons. The summed E-state index contributed by atoms with van der Waals surface area (Å²) in [6.07, 6.45) is 3.68. The molecule has 1 aliphatic rings. The normalized spacial score (nSPS) is 24.3. The van der Waals surface area contributed by atoms with E-state index in [0.717, 1.165) is 6.42 Å². The number of ether oxygens (including phenoxy) is 1. The molecule has 1 fully saturated rings. The van der Waals surface area contributed by atoms with Crippen molar-refractivity contribution in [1.82, 2.24) is 10.3 Å². The number of carbonyl (C=O) groups is 1. The minimum absolute atomic E-state index is 0.135.